The summed E-state index contributed by atoms with van der Waals surface area (Å²) in [6, 6.07) is 24.1. The van der Waals surface area contributed by atoms with Gasteiger partial charge in [0.15, 0.2) is 0 Å². The molecule has 0 fully saturated rings. The molecule has 0 radical (unpaired) electrons. The van der Waals surface area contributed by atoms with Gasteiger partial charge in [-0.15, -0.1) is 0 Å². The van der Waals surface area contributed by atoms with Gasteiger partial charge in [0.2, 0.25) is 5.91 Å². The predicted octanol–water partition coefficient (Wildman–Crippen LogP) is 5.22. The second-order valence-electron chi connectivity index (χ2n) is 7.01. The number of carboxylic acids is 1. The Balaban J connectivity index is 1.41. The lowest BCUT2D eigenvalue weighted by Crippen LogP contribution is -2.16. The molecule has 4 aromatic carbocycles. The number of carbonyl (C=O) groups excluding carboxylic acids is 1. The van der Waals surface area contributed by atoms with E-state index in [1.165, 1.54) is 6.07 Å². The molecule has 1 amide bonds. The molecule has 0 heterocycles. The van der Waals surface area contributed by atoms with Crippen molar-refractivity contribution in [1.82, 2.24) is 0 Å². The lowest BCUT2D eigenvalue weighted by Gasteiger charge is -2.10. The van der Waals surface area contributed by atoms with Crippen LogP contribution in [0.2, 0.25) is 0 Å². The van der Waals surface area contributed by atoms with Gasteiger partial charge in [-0.2, -0.15) is 0 Å². The number of anilines is 1. The van der Waals surface area contributed by atoms with Crippen LogP contribution < -0.4 is 10.1 Å². The summed E-state index contributed by atoms with van der Waals surface area (Å²) in [4.78, 5) is 23.6. The minimum Gasteiger partial charge on any atom is -0.508 e. The molecule has 3 N–H and O–H groups in total. The fraction of sp³-hybridized carbons (Fsp3) is 0.0400. The summed E-state index contributed by atoms with van der Waals surface area (Å²) in [6.07, 6.45) is 0.105. The molecular formula is C25H19NO5. The first-order valence-corrected chi connectivity index (χ1v) is 9.60. The van der Waals surface area contributed by atoms with Crippen molar-refractivity contribution in [1.29, 1.82) is 0 Å². The zero-order valence-electron chi connectivity index (χ0n) is 16.4. The van der Waals surface area contributed by atoms with Crippen molar-refractivity contribution in [3.05, 3.63) is 96.1 Å². The predicted molar refractivity (Wildman–Crippen MR) is 118 cm³/mol. The first-order chi connectivity index (χ1) is 15.0. The maximum absolute atomic E-state index is 12.3. The molecule has 6 heteroatoms. The van der Waals surface area contributed by atoms with Gasteiger partial charge >= 0.3 is 5.97 Å². The zero-order chi connectivity index (χ0) is 21.8. The lowest BCUT2D eigenvalue weighted by atomic mass is 10.1. The number of fused-ring (bicyclic) bond motifs is 1. The van der Waals surface area contributed by atoms with Crippen LogP contribution in [0.1, 0.15) is 15.9 Å². The Morgan fingerprint density at radius 1 is 0.806 bits per heavy atom. The van der Waals surface area contributed by atoms with E-state index < -0.39 is 5.97 Å². The molecule has 154 valence electrons. The third-order valence-corrected chi connectivity index (χ3v) is 4.75. The number of benzene rings is 4. The van der Waals surface area contributed by atoms with E-state index in [1.807, 2.05) is 24.3 Å². The van der Waals surface area contributed by atoms with E-state index in [4.69, 9.17) is 4.74 Å². The van der Waals surface area contributed by atoms with E-state index in [0.717, 1.165) is 16.3 Å². The van der Waals surface area contributed by atoms with Crippen LogP contribution in [-0.2, 0) is 11.2 Å². The first-order valence-electron chi connectivity index (χ1n) is 9.60. The number of ether oxygens (including phenoxy) is 1. The summed E-state index contributed by atoms with van der Waals surface area (Å²) in [6.45, 7) is 0. The van der Waals surface area contributed by atoms with Gasteiger partial charge in [-0.05, 0) is 64.9 Å². The summed E-state index contributed by atoms with van der Waals surface area (Å²) in [5.74, 6) is 0.0998. The molecular weight excluding hydrogens is 394 g/mol. The van der Waals surface area contributed by atoms with Crippen LogP contribution in [-0.4, -0.2) is 22.1 Å². The highest BCUT2D eigenvalue weighted by Gasteiger charge is 2.12. The van der Waals surface area contributed by atoms with E-state index in [1.54, 1.807) is 54.6 Å². The van der Waals surface area contributed by atoms with Crippen molar-refractivity contribution >= 4 is 28.3 Å². The zero-order valence-corrected chi connectivity index (χ0v) is 16.4. The van der Waals surface area contributed by atoms with Gasteiger partial charge in [0.25, 0.3) is 0 Å². The van der Waals surface area contributed by atoms with Gasteiger partial charge < -0.3 is 20.3 Å². The third-order valence-electron chi connectivity index (χ3n) is 4.75. The molecule has 31 heavy (non-hydrogen) atoms. The maximum atomic E-state index is 12.3. The number of carboxylic acid groups (broad SMARTS) is 1. The Morgan fingerprint density at radius 3 is 2.26 bits per heavy atom. The number of hydrogen-bond acceptors (Lipinski definition) is 4. The standard InChI is InChI=1S/C25H19NO5/c27-19-9-7-18-15-21(12-8-17(18)14-19)31-20-10-5-16(6-11-20)13-24(28)26-23-4-2-1-3-22(23)25(29)30/h1-12,14-15,27H,13H2,(H,26,28)(H,29,30). The van der Waals surface area contributed by atoms with Crippen molar-refractivity contribution in [2.75, 3.05) is 5.32 Å². The van der Waals surface area contributed by atoms with Crippen LogP contribution in [0, 0.1) is 0 Å². The largest absolute Gasteiger partial charge is 0.508 e. The number of aromatic hydroxyl groups is 1. The van der Waals surface area contributed by atoms with Crippen LogP contribution in [0.25, 0.3) is 10.8 Å². The van der Waals surface area contributed by atoms with Crippen LogP contribution in [0.4, 0.5) is 5.69 Å². The maximum Gasteiger partial charge on any atom is 0.337 e. The van der Waals surface area contributed by atoms with Crippen molar-refractivity contribution in [2.45, 2.75) is 6.42 Å². The molecule has 0 aliphatic heterocycles. The molecule has 0 saturated heterocycles. The van der Waals surface area contributed by atoms with E-state index in [9.17, 15) is 19.8 Å². The molecule has 0 saturated carbocycles. The normalized spacial score (nSPS) is 10.6. The van der Waals surface area contributed by atoms with Gasteiger partial charge in [0, 0.05) is 0 Å². The average molecular weight is 413 g/mol. The number of nitrogens with one attached hydrogen (secondary N) is 1. The fourth-order valence-corrected chi connectivity index (χ4v) is 3.24. The second kappa shape index (κ2) is 8.59. The van der Waals surface area contributed by atoms with E-state index in [2.05, 4.69) is 5.32 Å². The molecule has 0 spiro atoms. The van der Waals surface area contributed by atoms with Crippen LogP contribution in [0.3, 0.4) is 0 Å². The molecule has 0 aliphatic carbocycles. The summed E-state index contributed by atoms with van der Waals surface area (Å²) >= 11 is 0. The lowest BCUT2D eigenvalue weighted by molar-refractivity contribution is -0.115. The number of para-hydroxylation sites is 1. The summed E-state index contributed by atoms with van der Waals surface area (Å²) in [7, 11) is 0. The van der Waals surface area contributed by atoms with Crippen molar-refractivity contribution in [2.24, 2.45) is 0 Å². The minimum absolute atomic E-state index is 0.0465. The van der Waals surface area contributed by atoms with Crippen molar-refractivity contribution < 1.29 is 24.5 Å². The SMILES string of the molecule is O=C(Cc1ccc(Oc2ccc3cc(O)ccc3c2)cc1)Nc1ccccc1C(=O)O. The highest BCUT2D eigenvalue weighted by atomic mass is 16.5. The van der Waals surface area contributed by atoms with E-state index in [0.29, 0.717) is 11.5 Å². The number of phenolic OH excluding ortho intramolecular Hbond substituents is 1. The second-order valence-corrected chi connectivity index (χ2v) is 7.01. The number of aromatic carboxylic acids is 1. The summed E-state index contributed by atoms with van der Waals surface area (Å²) in [5, 5.41) is 23.3. The minimum atomic E-state index is -1.09. The molecule has 4 rings (SSSR count). The van der Waals surface area contributed by atoms with Gasteiger partial charge in [-0.3, -0.25) is 4.79 Å². The number of amides is 1. The smallest absolute Gasteiger partial charge is 0.337 e. The number of carbonyl (C=O) groups is 2. The molecule has 6 nitrogen and oxygen atoms in total. The Kier molecular flexibility index (Phi) is 5.53. The Labute approximate surface area is 178 Å². The summed E-state index contributed by atoms with van der Waals surface area (Å²) in [5.41, 5.74) is 1.08. The highest BCUT2D eigenvalue weighted by Crippen LogP contribution is 2.28. The van der Waals surface area contributed by atoms with Gasteiger partial charge in [0.1, 0.15) is 17.2 Å². The Bertz CT molecular complexity index is 1260. The molecule has 0 bridgehead atoms. The van der Waals surface area contributed by atoms with Crippen LogP contribution in [0.15, 0.2) is 84.9 Å². The monoisotopic (exact) mass is 413 g/mol. The fourth-order valence-electron chi connectivity index (χ4n) is 3.24. The number of rotatable bonds is 6. The molecule has 0 atom stereocenters. The number of phenols is 1. The molecule has 0 unspecified atom stereocenters. The summed E-state index contributed by atoms with van der Waals surface area (Å²) < 4.78 is 5.89. The Morgan fingerprint density at radius 2 is 1.48 bits per heavy atom. The van der Waals surface area contributed by atoms with Crippen LogP contribution >= 0.6 is 0 Å². The highest BCUT2D eigenvalue weighted by molar-refractivity contribution is 6.01. The van der Waals surface area contributed by atoms with E-state index in [-0.39, 0.29) is 29.3 Å². The van der Waals surface area contributed by atoms with Crippen molar-refractivity contribution in [3.63, 3.8) is 0 Å². The first kappa shape index (κ1) is 20.0. The molecule has 0 aliphatic rings. The van der Waals surface area contributed by atoms with Gasteiger partial charge in [-0.1, -0.05) is 36.4 Å². The topological polar surface area (TPSA) is 95.9 Å². The van der Waals surface area contributed by atoms with Crippen LogP contribution in [0.5, 0.6) is 17.2 Å². The molecule has 4 aromatic rings. The number of hydrogen-bond donors (Lipinski definition) is 3. The average Bonchev–Trinajstić information content (AvgIpc) is 2.75. The Hall–Kier alpha value is -4.32. The van der Waals surface area contributed by atoms with Gasteiger partial charge in [0.05, 0.1) is 17.7 Å². The quantitative estimate of drug-likeness (QED) is 0.403. The molecule has 0 aromatic heterocycles. The van der Waals surface area contributed by atoms with Crippen molar-refractivity contribution in [3.8, 4) is 17.2 Å². The van der Waals surface area contributed by atoms with Gasteiger partial charge in [-0.25, -0.2) is 4.79 Å². The third kappa shape index (κ3) is 4.82. The van der Waals surface area contributed by atoms with E-state index >= 15 is 0 Å².